The summed E-state index contributed by atoms with van der Waals surface area (Å²) in [6, 6.07) is 24.4. The van der Waals surface area contributed by atoms with Gasteiger partial charge in [-0.1, -0.05) is 197 Å². The van der Waals surface area contributed by atoms with Crippen molar-refractivity contribution < 1.29 is 13.2 Å². The van der Waals surface area contributed by atoms with Crippen LogP contribution in [0.3, 0.4) is 0 Å². The Bertz CT molecular complexity index is 2450. The Labute approximate surface area is 391 Å². The van der Waals surface area contributed by atoms with Gasteiger partial charge in [0.15, 0.2) is 0 Å². The first-order valence-electron chi connectivity index (χ1n) is 22.8. The van der Waals surface area contributed by atoms with E-state index in [9.17, 15) is 13.2 Å². The molecule has 3 heteroatoms. The van der Waals surface area contributed by atoms with Crippen molar-refractivity contribution in [2.45, 2.75) is 113 Å². The molecule has 4 aromatic rings. The van der Waals surface area contributed by atoms with Gasteiger partial charge in [-0.2, -0.15) is 13.2 Å². The molecule has 0 N–H and O–H groups in total. The molecule has 1 fully saturated rings. The highest BCUT2D eigenvalue weighted by atomic mass is 19.4. The molecule has 0 amide bonds. The molecule has 0 aliphatic heterocycles. The highest BCUT2D eigenvalue weighted by Gasteiger charge is 2.37. The van der Waals surface area contributed by atoms with Crippen molar-refractivity contribution in [3.05, 3.63) is 238 Å². The van der Waals surface area contributed by atoms with Gasteiger partial charge in [0.1, 0.15) is 0 Å². The third-order valence-electron chi connectivity index (χ3n) is 12.1. The molecule has 0 unspecified atom stereocenters. The quantitative estimate of drug-likeness (QED) is 0.147. The van der Waals surface area contributed by atoms with Gasteiger partial charge in [0.2, 0.25) is 0 Å². The molecule has 3 aliphatic carbocycles. The number of aryl methyl sites for hydroxylation is 4. The number of alkyl halides is 3. The zero-order valence-electron chi connectivity index (χ0n) is 41.0. The summed E-state index contributed by atoms with van der Waals surface area (Å²) in [6.45, 7) is 40.6. The summed E-state index contributed by atoms with van der Waals surface area (Å²) in [5.74, 6) is 0.828. The number of hydrogen-bond acceptors (Lipinski definition) is 0. The van der Waals surface area contributed by atoms with Crippen LogP contribution in [0.25, 0.3) is 23.3 Å². The minimum Gasteiger partial charge on any atom is -0.166 e. The Morgan fingerprint density at radius 2 is 1.35 bits per heavy atom. The average molecular weight is 875 g/mol. The lowest BCUT2D eigenvalue weighted by Crippen LogP contribution is -2.15. The van der Waals surface area contributed by atoms with Crippen molar-refractivity contribution in [2.75, 3.05) is 0 Å². The maximum Gasteiger partial charge on any atom is 0.416 e. The SMILES string of the molecule is C=C/C(C)=C(\C=C/C)C1=C(C2CC2)C(C)=CCC1.C=C/C=C(\C=C)CC.C=Cc1c(C)cc2c(c1C=C)-c1ccc(C)cc1C2(C)C.Cc1ccc(C(F)(F)F)cc1.Cc1ccccc1. The van der Waals surface area contributed by atoms with Crippen molar-refractivity contribution in [2.24, 2.45) is 5.92 Å². The van der Waals surface area contributed by atoms with Crippen LogP contribution < -0.4 is 0 Å². The number of allylic oxidation sites excluding steroid dienone is 13. The van der Waals surface area contributed by atoms with E-state index in [4.69, 9.17) is 0 Å². The fourth-order valence-electron chi connectivity index (χ4n) is 8.30. The van der Waals surface area contributed by atoms with E-state index in [1.807, 2.05) is 48.6 Å². The zero-order valence-corrected chi connectivity index (χ0v) is 41.0. The van der Waals surface area contributed by atoms with E-state index in [1.165, 1.54) is 110 Å². The first-order valence-corrected chi connectivity index (χ1v) is 22.8. The topological polar surface area (TPSA) is 0 Å². The van der Waals surface area contributed by atoms with Crippen LogP contribution in [0.4, 0.5) is 13.2 Å². The van der Waals surface area contributed by atoms with Crippen LogP contribution in [0.2, 0.25) is 0 Å². The molecule has 65 heavy (non-hydrogen) atoms. The van der Waals surface area contributed by atoms with E-state index < -0.39 is 11.7 Å². The standard InChI is InChI=1S/C21H22.C18H24.C8H7F3.C8H12.C7H8/c1-7-15-14(4)12-19-20(16(15)8-2)17-10-9-13(3)11-18(17)21(19,5)6;1-5-8-16(13(3)6-2)17-10-7-9-14(4)18(17)15-11-12-15;1-6-2-4-7(5-3-6)8(9,10)11;1-4-7-8(5-2)6-3;1-7-5-3-2-4-6-7/h7-12H,1-2H2,3-6H3;5-6,8-9,15H,2,7,10-12H2,1,3-4H3;2-5H,1H3;4-5,7H,1-2,6H2,3H3;2-6H,1H3/b;8-5-,16-13+;;8-7+;. The monoisotopic (exact) mass is 875 g/mol. The summed E-state index contributed by atoms with van der Waals surface area (Å²) in [7, 11) is 0. The summed E-state index contributed by atoms with van der Waals surface area (Å²) in [5, 5.41) is 0. The summed E-state index contributed by atoms with van der Waals surface area (Å²) in [5.41, 5.74) is 20.8. The molecule has 4 aromatic carbocycles. The third-order valence-corrected chi connectivity index (χ3v) is 12.1. The number of fused-ring (bicyclic) bond motifs is 3. The van der Waals surface area contributed by atoms with E-state index in [2.05, 4.69) is 150 Å². The van der Waals surface area contributed by atoms with Crippen LogP contribution in [-0.4, -0.2) is 0 Å². The molecule has 7 rings (SSSR count). The number of benzene rings is 4. The molecular formula is C62H73F3. The van der Waals surface area contributed by atoms with Crippen molar-refractivity contribution in [3.63, 3.8) is 0 Å². The Morgan fingerprint density at radius 1 is 0.754 bits per heavy atom. The second-order valence-electron chi connectivity index (χ2n) is 17.5. The highest BCUT2D eigenvalue weighted by Crippen LogP contribution is 2.52. The average Bonchev–Trinajstić information content (AvgIpc) is 4.10. The fourth-order valence-corrected chi connectivity index (χ4v) is 8.30. The van der Waals surface area contributed by atoms with Crippen molar-refractivity contribution in [1.29, 1.82) is 0 Å². The summed E-state index contributed by atoms with van der Waals surface area (Å²) in [4.78, 5) is 0. The Morgan fingerprint density at radius 3 is 1.82 bits per heavy atom. The second kappa shape index (κ2) is 24.9. The Hall–Kier alpha value is -5.93. The fraction of sp³-hybridized carbons (Fsp3) is 0.290. The van der Waals surface area contributed by atoms with Gasteiger partial charge in [0, 0.05) is 5.41 Å². The largest absolute Gasteiger partial charge is 0.416 e. The molecular weight excluding hydrogens is 802 g/mol. The van der Waals surface area contributed by atoms with Gasteiger partial charge < -0.3 is 0 Å². The van der Waals surface area contributed by atoms with E-state index in [1.54, 1.807) is 24.1 Å². The number of hydrogen-bond donors (Lipinski definition) is 0. The third kappa shape index (κ3) is 14.5. The maximum atomic E-state index is 11.9. The van der Waals surface area contributed by atoms with E-state index in [0.717, 1.165) is 30.0 Å². The van der Waals surface area contributed by atoms with Crippen molar-refractivity contribution in [3.8, 4) is 11.1 Å². The number of rotatable bonds is 9. The molecule has 0 atom stereocenters. The molecule has 0 saturated heterocycles. The van der Waals surface area contributed by atoms with E-state index in [-0.39, 0.29) is 5.41 Å². The van der Waals surface area contributed by atoms with Crippen molar-refractivity contribution >= 4 is 12.2 Å². The lowest BCUT2D eigenvalue weighted by atomic mass is 9.80. The first-order chi connectivity index (χ1) is 30.8. The second-order valence-corrected chi connectivity index (χ2v) is 17.5. The van der Waals surface area contributed by atoms with Crippen LogP contribution in [0.5, 0.6) is 0 Å². The van der Waals surface area contributed by atoms with Crippen molar-refractivity contribution in [1.82, 2.24) is 0 Å². The van der Waals surface area contributed by atoms with Gasteiger partial charge in [-0.05, 0) is 165 Å². The smallest absolute Gasteiger partial charge is 0.166 e. The molecule has 0 nitrogen and oxygen atoms in total. The van der Waals surface area contributed by atoms with Crippen LogP contribution in [0, 0.1) is 33.6 Å². The van der Waals surface area contributed by atoms with Gasteiger partial charge >= 0.3 is 6.18 Å². The molecule has 1 saturated carbocycles. The first kappa shape index (κ1) is 53.4. The van der Waals surface area contributed by atoms with Gasteiger partial charge in [-0.15, -0.1) is 0 Å². The van der Waals surface area contributed by atoms with E-state index >= 15 is 0 Å². The van der Waals surface area contributed by atoms with Crippen LogP contribution in [0.1, 0.15) is 124 Å². The minimum atomic E-state index is -4.21. The maximum absolute atomic E-state index is 11.9. The zero-order chi connectivity index (χ0) is 48.5. The lowest BCUT2D eigenvalue weighted by Gasteiger charge is -2.23. The molecule has 342 valence electrons. The van der Waals surface area contributed by atoms with E-state index in [0.29, 0.717) is 0 Å². The summed E-state index contributed by atoms with van der Waals surface area (Å²) in [6.07, 6.45) is 20.3. The predicted octanol–water partition coefficient (Wildman–Crippen LogP) is 19.1. The van der Waals surface area contributed by atoms with Crippen LogP contribution in [-0.2, 0) is 11.6 Å². The molecule has 0 radical (unpaired) electrons. The molecule has 3 aliphatic rings. The summed E-state index contributed by atoms with van der Waals surface area (Å²) < 4.78 is 35.8. The normalized spacial score (nSPS) is 15.0. The predicted molar refractivity (Wildman–Crippen MR) is 280 cm³/mol. The molecule has 0 bridgehead atoms. The van der Waals surface area contributed by atoms with Crippen LogP contribution >= 0.6 is 0 Å². The van der Waals surface area contributed by atoms with Crippen LogP contribution in [0.15, 0.2) is 188 Å². The van der Waals surface area contributed by atoms with Gasteiger partial charge in [-0.25, -0.2) is 0 Å². The molecule has 0 heterocycles. The Balaban J connectivity index is 0.000000230. The lowest BCUT2D eigenvalue weighted by molar-refractivity contribution is -0.137. The minimum absolute atomic E-state index is 0.0406. The molecule has 0 aromatic heterocycles. The van der Waals surface area contributed by atoms with Gasteiger partial charge in [0.05, 0.1) is 5.56 Å². The van der Waals surface area contributed by atoms with Gasteiger partial charge in [0.25, 0.3) is 0 Å². The summed E-state index contributed by atoms with van der Waals surface area (Å²) >= 11 is 0. The van der Waals surface area contributed by atoms with Gasteiger partial charge in [-0.3, -0.25) is 0 Å². The highest BCUT2D eigenvalue weighted by molar-refractivity contribution is 5.91. The Kier molecular flexibility index (Phi) is 20.5. The molecule has 0 spiro atoms. The number of halogens is 3.